The van der Waals surface area contributed by atoms with Crippen LogP contribution in [0.5, 0.6) is 5.75 Å². The van der Waals surface area contributed by atoms with Crippen molar-refractivity contribution in [2.45, 2.75) is 20.8 Å². The van der Waals surface area contributed by atoms with Gasteiger partial charge < -0.3 is 14.7 Å². The van der Waals surface area contributed by atoms with Crippen LogP contribution in [-0.4, -0.2) is 40.8 Å². The van der Waals surface area contributed by atoms with Gasteiger partial charge in [-0.1, -0.05) is 26.0 Å². The molecule has 3 heterocycles. The SMILES string of the molecule is Cc1cccc2c1C1=C3N=C(C(=O)O)C=C(C(C)C)N3NC1=C(N(C)C)O2. The number of allylic oxidation sites excluding steroid dienone is 2. The highest BCUT2D eigenvalue weighted by Gasteiger charge is 2.41. The lowest BCUT2D eigenvalue weighted by molar-refractivity contribution is -0.129. The first-order chi connectivity index (χ1) is 12.8. The minimum absolute atomic E-state index is 0.0357. The van der Waals surface area contributed by atoms with E-state index in [9.17, 15) is 9.90 Å². The van der Waals surface area contributed by atoms with Gasteiger partial charge in [0.1, 0.15) is 11.4 Å². The maximum atomic E-state index is 11.7. The Morgan fingerprint density at radius 1 is 1.33 bits per heavy atom. The number of rotatable bonds is 3. The molecule has 0 radical (unpaired) electrons. The molecule has 0 amide bonds. The number of hydrogen-bond donors (Lipinski definition) is 2. The van der Waals surface area contributed by atoms with Gasteiger partial charge in [0.15, 0.2) is 11.5 Å². The van der Waals surface area contributed by atoms with Crippen molar-refractivity contribution in [3.05, 3.63) is 58.5 Å². The molecule has 3 aliphatic rings. The van der Waals surface area contributed by atoms with Crippen LogP contribution in [0.15, 0.2) is 52.4 Å². The normalized spacial score (nSPS) is 17.6. The molecule has 3 aliphatic heterocycles. The molecule has 7 heteroatoms. The third kappa shape index (κ3) is 2.50. The maximum absolute atomic E-state index is 11.7. The summed E-state index contributed by atoms with van der Waals surface area (Å²) in [7, 11) is 3.82. The highest BCUT2D eigenvalue weighted by atomic mass is 16.5. The summed E-state index contributed by atoms with van der Waals surface area (Å²) in [4.78, 5) is 18.0. The number of carbonyl (C=O) groups is 1. The summed E-state index contributed by atoms with van der Waals surface area (Å²) in [5.41, 5.74) is 7.90. The number of hydrogen-bond acceptors (Lipinski definition) is 6. The summed E-state index contributed by atoms with van der Waals surface area (Å²) in [5, 5.41) is 11.4. The van der Waals surface area contributed by atoms with Crippen LogP contribution in [0.4, 0.5) is 0 Å². The molecule has 1 aromatic carbocycles. The smallest absolute Gasteiger partial charge is 0.354 e. The highest BCUT2D eigenvalue weighted by molar-refractivity contribution is 6.41. The van der Waals surface area contributed by atoms with E-state index in [-0.39, 0.29) is 11.6 Å². The predicted molar refractivity (Wildman–Crippen MR) is 102 cm³/mol. The van der Waals surface area contributed by atoms with E-state index < -0.39 is 5.97 Å². The first-order valence-corrected chi connectivity index (χ1v) is 8.84. The summed E-state index contributed by atoms with van der Waals surface area (Å²) in [6.45, 7) is 6.07. The molecule has 2 N–H and O–H groups in total. The van der Waals surface area contributed by atoms with Crippen molar-refractivity contribution in [2.75, 3.05) is 14.1 Å². The Balaban J connectivity index is 2.05. The Morgan fingerprint density at radius 3 is 2.70 bits per heavy atom. The standard InChI is InChI=1S/C20H22N4O3/c1-10(2)13-9-12(20(25)26)21-18-16-15-11(3)7-6-8-14(15)27-19(23(4)5)17(16)22-24(13)18/h6-10,22H,1-5H3,(H,25,26). The summed E-state index contributed by atoms with van der Waals surface area (Å²) < 4.78 is 6.16. The first-order valence-electron chi connectivity index (χ1n) is 8.84. The van der Waals surface area contributed by atoms with Crippen LogP contribution in [0.2, 0.25) is 0 Å². The van der Waals surface area contributed by atoms with E-state index in [0.29, 0.717) is 11.7 Å². The monoisotopic (exact) mass is 366 g/mol. The van der Waals surface area contributed by atoms with Crippen LogP contribution in [0.25, 0.3) is 5.57 Å². The summed E-state index contributed by atoms with van der Waals surface area (Å²) >= 11 is 0. The number of benzene rings is 1. The van der Waals surface area contributed by atoms with Gasteiger partial charge in [0.2, 0.25) is 5.88 Å². The van der Waals surface area contributed by atoms with Crippen LogP contribution in [-0.2, 0) is 4.79 Å². The van der Waals surface area contributed by atoms with Crippen LogP contribution in [0.3, 0.4) is 0 Å². The van der Waals surface area contributed by atoms with Crippen molar-refractivity contribution >= 4 is 17.3 Å². The van der Waals surface area contributed by atoms with E-state index in [1.54, 1.807) is 6.08 Å². The van der Waals surface area contributed by atoms with Gasteiger partial charge in [-0.3, -0.25) is 5.43 Å². The second kappa shape index (κ2) is 5.90. The fraction of sp³-hybridized carbons (Fsp3) is 0.300. The topological polar surface area (TPSA) is 77.4 Å². The molecule has 0 fully saturated rings. The van der Waals surface area contributed by atoms with E-state index in [2.05, 4.69) is 10.4 Å². The van der Waals surface area contributed by atoms with Gasteiger partial charge in [0.25, 0.3) is 0 Å². The third-order valence-corrected chi connectivity index (χ3v) is 4.80. The van der Waals surface area contributed by atoms with Gasteiger partial charge in [-0.05, 0) is 30.5 Å². The molecule has 0 bridgehead atoms. The van der Waals surface area contributed by atoms with Crippen LogP contribution in [0.1, 0.15) is 25.0 Å². The van der Waals surface area contributed by atoms with Crippen molar-refractivity contribution in [3.63, 3.8) is 0 Å². The molecule has 140 valence electrons. The number of fused-ring (bicyclic) bond motifs is 4. The van der Waals surface area contributed by atoms with Crippen LogP contribution in [0, 0.1) is 12.8 Å². The number of hydrazine groups is 1. The van der Waals surface area contributed by atoms with Gasteiger partial charge in [0.05, 0.1) is 5.57 Å². The van der Waals surface area contributed by atoms with Crippen molar-refractivity contribution in [1.82, 2.24) is 15.3 Å². The van der Waals surface area contributed by atoms with Gasteiger partial charge >= 0.3 is 5.97 Å². The van der Waals surface area contributed by atoms with Gasteiger partial charge in [-0.25, -0.2) is 14.8 Å². The molecule has 27 heavy (non-hydrogen) atoms. The zero-order valence-electron chi connectivity index (χ0n) is 16.0. The molecule has 0 atom stereocenters. The lowest BCUT2D eigenvalue weighted by Crippen LogP contribution is -2.37. The number of nitrogens with zero attached hydrogens (tertiary/aromatic N) is 3. The van der Waals surface area contributed by atoms with E-state index >= 15 is 0 Å². The number of aliphatic carboxylic acids is 1. The molecule has 0 saturated carbocycles. The average Bonchev–Trinajstić information content (AvgIpc) is 2.99. The molecule has 0 unspecified atom stereocenters. The van der Waals surface area contributed by atoms with E-state index in [4.69, 9.17) is 4.74 Å². The molecular weight excluding hydrogens is 344 g/mol. The lowest BCUT2D eigenvalue weighted by atomic mass is 9.95. The van der Waals surface area contributed by atoms with Gasteiger partial charge in [-0.15, -0.1) is 0 Å². The highest BCUT2D eigenvalue weighted by Crippen LogP contribution is 2.47. The Kier molecular flexibility index (Phi) is 3.76. The Hall–Kier alpha value is -3.22. The molecule has 0 spiro atoms. The second-order valence-corrected chi connectivity index (χ2v) is 7.30. The van der Waals surface area contributed by atoms with Crippen molar-refractivity contribution in [2.24, 2.45) is 10.9 Å². The zero-order valence-corrected chi connectivity index (χ0v) is 16.0. The quantitative estimate of drug-likeness (QED) is 0.857. The maximum Gasteiger partial charge on any atom is 0.354 e. The van der Waals surface area contributed by atoms with Crippen LogP contribution >= 0.6 is 0 Å². The molecule has 0 aliphatic carbocycles. The number of nitrogens with one attached hydrogen (secondary N) is 1. The second-order valence-electron chi connectivity index (χ2n) is 7.30. The Bertz CT molecular complexity index is 983. The van der Waals surface area contributed by atoms with E-state index in [1.807, 2.05) is 63.0 Å². The Labute approximate surface area is 157 Å². The van der Waals surface area contributed by atoms with Crippen molar-refractivity contribution in [1.29, 1.82) is 0 Å². The van der Waals surface area contributed by atoms with E-state index in [0.717, 1.165) is 33.8 Å². The van der Waals surface area contributed by atoms with Crippen LogP contribution < -0.4 is 10.2 Å². The summed E-state index contributed by atoms with van der Waals surface area (Å²) in [5.74, 6) is 1.07. The zero-order chi connectivity index (χ0) is 19.5. The minimum atomic E-state index is -1.04. The molecule has 7 nitrogen and oxygen atoms in total. The fourth-order valence-corrected chi connectivity index (χ4v) is 3.53. The minimum Gasteiger partial charge on any atom is -0.477 e. The largest absolute Gasteiger partial charge is 0.477 e. The van der Waals surface area contributed by atoms with E-state index in [1.165, 1.54) is 0 Å². The van der Waals surface area contributed by atoms with Crippen molar-refractivity contribution < 1.29 is 14.6 Å². The fourth-order valence-electron chi connectivity index (χ4n) is 3.53. The third-order valence-electron chi connectivity index (χ3n) is 4.80. The number of carboxylic acid groups (broad SMARTS) is 1. The number of carboxylic acids is 1. The first kappa shape index (κ1) is 17.2. The van der Waals surface area contributed by atoms with Gasteiger partial charge in [0, 0.05) is 25.4 Å². The predicted octanol–water partition coefficient (Wildman–Crippen LogP) is 2.69. The number of aryl methyl sites for hydroxylation is 1. The number of ether oxygens (including phenoxy) is 1. The summed E-state index contributed by atoms with van der Waals surface area (Å²) in [6, 6.07) is 5.88. The summed E-state index contributed by atoms with van der Waals surface area (Å²) in [6.07, 6.45) is 1.62. The molecule has 0 aromatic heterocycles. The van der Waals surface area contributed by atoms with Gasteiger partial charge in [-0.2, -0.15) is 0 Å². The number of aliphatic imine (C=N–C) groups is 1. The molecule has 4 rings (SSSR count). The molecule has 0 saturated heterocycles. The molecule has 1 aromatic rings. The lowest BCUT2D eigenvalue weighted by Gasteiger charge is -2.29. The Morgan fingerprint density at radius 2 is 2.07 bits per heavy atom. The average molecular weight is 366 g/mol. The van der Waals surface area contributed by atoms with Crippen molar-refractivity contribution in [3.8, 4) is 5.75 Å². The molecular formula is C20H22N4O3.